The van der Waals surface area contributed by atoms with Crippen molar-refractivity contribution in [2.45, 2.75) is 25.8 Å². The quantitative estimate of drug-likeness (QED) is 0.622. The second-order valence-corrected chi connectivity index (χ2v) is 5.03. The predicted molar refractivity (Wildman–Crippen MR) is 81.4 cm³/mol. The van der Waals surface area contributed by atoms with Crippen LogP contribution in [0, 0.1) is 0 Å². The molecule has 1 aromatic carbocycles. The van der Waals surface area contributed by atoms with Gasteiger partial charge in [-0.3, -0.25) is 0 Å². The van der Waals surface area contributed by atoms with Gasteiger partial charge < -0.3 is 15.0 Å². The zero-order valence-electron chi connectivity index (χ0n) is 12.4. The molecule has 0 aromatic heterocycles. The molecule has 0 aliphatic carbocycles. The molecule has 0 aliphatic heterocycles. The lowest BCUT2D eigenvalue weighted by Crippen LogP contribution is -2.24. The number of ether oxygens (including phenoxy) is 1. The molecule has 0 saturated heterocycles. The lowest BCUT2D eigenvalue weighted by Gasteiger charge is -2.16. The summed E-state index contributed by atoms with van der Waals surface area (Å²) in [5, 5.41) is 3.48. The van der Waals surface area contributed by atoms with Gasteiger partial charge in [0.1, 0.15) is 0 Å². The summed E-state index contributed by atoms with van der Waals surface area (Å²) in [6, 6.07) is 10.6. The Balaban J connectivity index is 1.94. The molecule has 1 rings (SSSR count). The molecule has 1 aromatic rings. The van der Waals surface area contributed by atoms with Crippen LogP contribution in [0.1, 0.15) is 24.8 Å². The van der Waals surface area contributed by atoms with Crippen LogP contribution in [0.5, 0.6) is 0 Å². The molecule has 0 unspecified atom stereocenters. The third-order valence-corrected chi connectivity index (χ3v) is 3.14. The summed E-state index contributed by atoms with van der Waals surface area (Å²) in [6.45, 7) is 5.26. The number of unbranched alkanes of at least 4 members (excludes halogenated alkanes) is 1. The summed E-state index contributed by atoms with van der Waals surface area (Å²) in [7, 11) is 3.95. The number of nitrogens with zero attached hydrogens (tertiary/aromatic N) is 1. The van der Waals surface area contributed by atoms with Crippen LogP contribution in [0.3, 0.4) is 0 Å². The molecule has 0 aliphatic rings. The Hall–Kier alpha value is -0.900. The molecule has 108 valence electrons. The zero-order valence-corrected chi connectivity index (χ0v) is 12.4. The summed E-state index contributed by atoms with van der Waals surface area (Å²) in [4.78, 5) is 2.38. The molecule has 0 atom stereocenters. The largest absolute Gasteiger partial charge is 0.385 e. The number of hydrogen-bond acceptors (Lipinski definition) is 3. The van der Waals surface area contributed by atoms with Crippen LogP contribution in [0.15, 0.2) is 30.3 Å². The lowest BCUT2D eigenvalue weighted by molar-refractivity contribution is 0.192. The Morgan fingerprint density at radius 2 is 1.79 bits per heavy atom. The van der Waals surface area contributed by atoms with Crippen molar-refractivity contribution in [3.63, 3.8) is 0 Å². The van der Waals surface area contributed by atoms with Crippen LogP contribution >= 0.6 is 0 Å². The van der Waals surface area contributed by atoms with Crippen LogP contribution in [0.4, 0.5) is 0 Å². The van der Waals surface area contributed by atoms with Crippen LogP contribution < -0.4 is 5.32 Å². The Bertz CT molecular complexity index is 303. The fourth-order valence-corrected chi connectivity index (χ4v) is 2.07. The van der Waals surface area contributed by atoms with E-state index in [-0.39, 0.29) is 0 Å². The SMILES string of the molecule is COCCCCNCCCN(C)Cc1ccccc1. The van der Waals surface area contributed by atoms with E-state index in [1.54, 1.807) is 7.11 Å². The van der Waals surface area contributed by atoms with Crippen molar-refractivity contribution in [1.82, 2.24) is 10.2 Å². The monoisotopic (exact) mass is 264 g/mol. The summed E-state index contributed by atoms with van der Waals surface area (Å²) in [5.74, 6) is 0. The molecule has 0 heterocycles. The van der Waals surface area contributed by atoms with Crippen molar-refractivity contribution in [2.75, 3.05) is 40.4 Å². The number of hydrogen-bond donors (Lipinski definition) is 1. The van der Waals surface area contributed by atoms with Gasteiger partial charge in [-0.25, -0.2) is 0 Å². The maximum Gasteiger partial charge on any atom is 0.0462 e. The van der Waals surface area contributed by atoms with E-state index >= 15 is 0 Å². The van der Waals surface area contributed by atoms with E-state index in [0.29, 0.717) is 0 Å². The van der Waals surface area contributed by atoms with Crippen molar-refractivity contribution >= 4 is 0 Å². The van der Waals surface area contributed by atoms with Crippen LogP contribution in [0.2, 0.25) is 0 Å². The Labute approximate surface area is 118 Å². The normalized spacial score (nSPS) is 11.1. The number of nitrogens with one attached hydrogen (secondary N) is 1. The predicted octanol–water partition coefficient (Wildman–Crippen LogP) is 2.52. The molecule has 0 radical (unpaired) electrons. The summed E-state index contributed by atoms with van der Waals surface area (Å²) in [6.07, 6.45) is 3.55. The molecular formula is C16H28N2O. The molecule has 0 spiro atoms. The number of benzene rings is 1. The second-order valence-electron chi connectivity index (χ2n) is 5.03. The molecule has 0 saturated carbocycles. The Morgan fingerprint density at radius 3 is 2.53 bits per heavy atom. The smallest absolute Gasteiger partial charge is 0.0462 e. The highest BCUT2D eigenvalue weighted by atomic mass is 16.5. The van der Waals surface area contributed by atoms with Crippen molar-refractivity contribution in [1.29, 1.82) is 0 Å². The fourth-order valence-electron chi connectivity index (χ4n) is 2.07. The molecule has 0 bridgehead atoms. The lowest BCUT2D eigenvalue weighted by atomic mass is 10.2. The third kappa shape index (κ3) is 8.76. The minimum atomic E-state index is 0.876. The molecule has 3 heteroatoms. The summed E-state index contributed by atoms with van der Waals surface area (Å²) in [5.41, 5.74) is 1.39. The molecule has 0 fully saturated rings. The van der Waals surface area contributed by atoms with Crippen molar-refractivity contribution in [2.24, 2.45) is 0 Å². The van der Waals surface area contributed by atoms with Gasteiger partial charge in [0, 0.05) is 20.3 Å². The second kappa shape index (κ2) is 11.0. The van der Waals surface area contributed by atoms with Gasteiger partial charge in [-0.2, -0.15) is 0 Å². The first-order valence-electron chi connectivity index (χ1n) is 7.25. The van der Waals surface area contributed by atoms with Crippen LogP contribution in [0.25, 0.3) is 0 Å². The average Bonchev–Trinajstić information content (AvgIpc) is 2.43. The summed E-state index contributed by atoms with van der Waals surface area (Å²) < 4.78 is 5.02. The fraction of sp³-hybridized carbons (Fsp3) is 0.625. The minimum Gasteiger partial charge on any atom is -0.385 e. The van der Waals surface area contributed by atoms with Gasteiger partial charge in [0.2, 0.25) is 0 Å². The van der Waals surface area contributed by atoms with E-state index in [4.69, 9.17) is 4.74 Å². The topological polar surface area (TPSA) is 24.5 Å². The molecule has 1 N–H and O–H groups in total. The number of rotatable bonds is 11. The van der Waals surface area contributed by atoms with Gasteiger partial charge in [-0.1, -0.05) is 30.3 Å². The first-order chi connectivity index (χ1) is 9.33. The zero-order chi connectivity index (χ0) is 13.8. The molecular weight excluding hydrogens is 236 g/mol. The van der Waals surface area contributed by atoms with Gasteiger partial charge in [-0.15, -0.1) is 0 Å². The Kier molecular flexibility index (Phi) is 9.33. The van der Waals surface area contributed by atoms with Crippen molar-refractivity contribution < 1.29 is 4.74 Å². The minimum absolute atomic E-state index is 0.876. The van der Waals surface area contributed by atoms with E-state index in [9.17, 15) is 0 Å². The van der Waals surface area contributed by atoms with Crippen LogP contribution in [-0.2, 0) is 11.3 Å². The highest BCUT2D eigenvalue weighted by Crippen LogP contribution is 2.02. The highest BCUT2D eigenvalue weighted by molar-refractivity contribution is 5.14. The van der Waals surface area contributed by atoms with Crippen LogP contribution in [-0.4, -0.2) is 45.3 Å². The third-order valence-electron chi connectivity index (χ3n) is 3.14. The van der Waals surface area contributed by atoms with E-state index in [1.165, 1.54) is 18.4 Å². The van der Waals surface area contributed by atoms with Crippen molar-refractivity contribution in [3.05, 3.63) is 35.9 Å². The first kappa shape index (κ1) is 16.2. The standard InChI is InChI=1S/C16H28N2O/c1-18(15-16-9-4-3-5-10-16)13-8-12-17-11-6-7-14-19-2/h3-5,9-10,17H,6-8,11-15H2,1-2H3. The van der Waals surface area contributed by atoms with Crippen molar-refractivity contribution in [3.8, 4) is 0 Å². The molecule has 19 heavy (non-hydrogen) atoms. The van der Waals surface area contributed by atoms with Gasteiger partial charge in [-0.05, 0) is 51.5 Å². The van der Waals surface area contributed by atoms with E-state index < -0.39 is 0 Å². The molecule has 0 amide bonds. The average molecular weight is 264 g/mol. The highest BCUT2D eigenvalue weighted by Gasteiger charge is 1.99. The van der Waals surface area contributed by atoms with E-state index in [1.807, 2.05) is 0 Å². The number of methoxy groups -OCH3 is 1. The van der Waals surface area contributed by atoms with Gasteiger partial charge in [0.25, 0.3) is 0 Å². The molecule has 3 nitrogen and oxygen atoms in total. The van der Waals surface area contributed by atoms with Gasteiger partial charge in [0.15, 0.2) is 0 Å². The van der Waals surface area contributed by atoms with Gasteiger partial charge >= 0.3 is 0 Å². The maximum absolute atomic E-state index is 5.02. The first-order valence-corrected chi connectivity index (χ1v) is 7.25. The van der Waals surface area contributed by atoms with Gasteiger partial charge in [0.05, 0.1) is 0 Å². The maximum atomic E-state index is 5.02. The van der Waals surface area contributed by atoms with E-state index in [0.717, 1.165) is 39.2 Å². The summed E-state index contributed by atoms with van der Waals surface area (Å²) >= 11 is 0. The van der Waals surface area contributed by atoms with E-state index in [2.05, 4.69) is 47.6 Å². The Morgan fingerprint density at radius 1 is 1.05 bits per heavy atom.